The smallest absolute Gasteiger partial charge is 0.244 e. The predicted molar refractivity (Wildman–Crippen MR) is 43.0 cm³/mol. The lowest BCUT2D eigenvalue weighted by molar-refractivity contribution is 0.147. The molecule has 0 aliphatic rings. The average molecular weight is 172 g/mol. The van der Waals surface area contributed by atoms with E-state index in [2.05, 4.69) is 11.7 Å². The maximum absolute atomic E-state index is 11.9. The van der Waals surface area contributed by atoms with Gasteiger partial charge in [-0.05, 0) is 12.1 Å². The fourth-order valence-electron chi connectivity index (χ4n) is 0.992. The first-order chi connectivity index (χ1) is 5.63. The molecule has 0 aliphatic carbocycles. The fourth-order valence-corrected chi connectivity index (χ4v) is 0.992. The molecular formula is C8H10F2N2. The van der Waals surface area contributed by atoms with Gasteiger partial charge in [0.1, 0.15) is 0 Å². The number of aryl methyl sites for hydroxylation is 1. The van der Waals surface area contributed by atoms with Gasteiger partial charge in [0.25, 0.3) is 0 Å². The van der Waals surface area contributed by atoms with Crippen molar-refractivity contribution in [3.63, 3.8) is 0 Å². The van der Waals surface area contributed by atoms with Crippen molar-refractivity contribution in [3.8, 4) is 0 Å². The van der Waals surface area contributed by atoms with Crippen LogP contribution < -0.4 is 0 Å². The second-order valence-electron chi connectivity index (χ2n) is 2.48. The Morgan fingerprint density at radius 1 is 1.75 bits per heavy atom. The van der Waals surface area contributed by atoms with E-state index in [0.717, 1.165) is 5.69 Å². The van der Waals surface area contributed by atoms with Gasteiger partial charge in [0.2, 0.25) is 6.43 Å². The molecule has 0 atom stereocenters. The molecule has 0 amide bonds. The second-order valence-corrected chi connectivity index (χ2v) is 2.48. The first kappa shape index (κ1) is 8.90. The summed E-state index contributed by atoms with van der Waals surface area (Å²) in [5.74, 6) is 0. The van der Waals surface area contributed by atoms with Gasteiger partial charge in [0.15, 0.2) is 0 Å². The first-order valence-electron chi connectivity index (χ1n) is 3.57. The molecule has 0 saturated carbocycles. The standard InChI is InChI=1S/C8H10F2N2/c1-3-7-4-6(5-8(9)10)11-12(7)2/h3-4,8H,1,5H2,2H3. The van der Waals surface area contributed by atoms with Crippen LogP contribution in [-0.4, -0.2) is 16.2 Å². The quantitative estimate of drug-likeness (QED) is 0.680. The first-order valence-corrected chi connectivity index (χ1v) is 3.57. The third kappa shape index (κ3) is 1.90. The van der Waals surface area contributed by atoms with Crippen LogP contribution in [0, 0.1) is 0 Å². The van der Waals surface area contributed by atoms with Crippen molar-refractivity contribution in [2.45, 2.75) is 12.8 Å². The van der Waals surface area contributed by atoms with Gasteiger partial charge in [-0.3, -0.25) is 4.68 Å². The summed E-state index contributed by atoms with van der Waals surface area (Å²) < 4.78 is 25.3. The molecule has 0 aromatic carbocycles. The highest BCUT2D eigenvalue weighted by molar-refractivity contribution is 5.42. The van der Waals surface area contributed by atoms with E-state index in [9.17, 15) is 8.78 Å². The minimum atomic E-state index is -2.34. The van der Waals surface area contributed by atoms with E-state index in [1.54, 1.807) is 19.2 Å². The molecule has 4 heteroatoms. The average Bonchev–Trinajstić information content (AvgIpc) is 2.29. The highest BCUT2D eigenvalue weighted by Gasteiger charge is 2.08. The summed E-state index contributed by atoms with van der Waals surface area (Å²) in [6.07, 6.45) is -1.04. The van der Waals surface area contributed by atoms with Crippen LogP contribution in [0.15, 0.2) is 12.6 Å². The van der Waals surface area contributed by atoms with E-state index in [1.165, 1.54) is 4.68 Å². The van der Waals surface area contributed by atoms with Gasteiger partial charge < -0.3 is 0 Å². The number of aromatic nitrogens is 2. The molecule has 2 nitrogen and oxygen atoms in total. The van der Waals surface area contributed by atoms with Crippen LogP contribution in [0.5, 0.6) is 0 Å². The third-order valence-corrected chi connectivity index (χ3v) is 1.54. The maximum atomic E-state index is 11.9. The molecular weight excluding hydrogens is 162 g/mol. The summed E-state index contributed by atoms with van der Waals surface area (Å²) in [5, 5.41) is 3.89. The summed E-state index contributed by atoms with van der Waals surface area (Å²) in [6, 6.07) is 1.61. The molecule has 0 spiro atoms. The van der Waals surface area contributed by atoms with Gasteiger partial charge in [0, 0.05) is 7.05 Å². The normalized spacial score (nSPS) is 10.7. The predicted octanol–water partition coefficient (Wildman–Crippen LogP) is 1.87. The number of alkyl halides is 2. The van der Waals surface area contributed by atoms with E-state index in [0.29, 0.717) is 5.69 Å². The molecule has 0 unspecified atom stereocenters. The minimum Gasteiger partial charge on any atom is -0.268 e. The highest BCUT2D eigenvalue weighted by atomic mass is 19.3. The van der Waals surface area contributed by atoms with Crippen molar-refractivity contribution in [3.05, 3.63) is 24.0 Å². The number of halogens is 2. The largest absolute Gasteiger partial charge is 0.268 e. The van der Waals surface area contributed by atoms with Crippen molar-refractivity contribution in [2.24, 2.45) is 7.05 Å². The van der Waals surface area contributed by atoms with Crippen LogP contribution in [-0.2, 0) is 13.5 Å². The summed E-state index contributed by atoms with van der Waals surface area (Å²) >= 11 is 0. The lowest BCUT2D eigenvalue weighted by Gasteiger charge is -1.92. The number of nitrogens with zero attached hydrogens (tertiary/aromatic N) is 2. The van der Waals surface area contributed by atoms with Crippen LogP contribution in [0.1, 0.15) is 11.4 Å². The zero-order valence-electron chi connectivity index (χ0n) is 6.80. The van der Waals surface area contributed by atoms with E-state index in [-0.39, 0.29) is 6.42 Å². The Morgan fingerprint density at radius 2 is 2.42 bits per heavy atom. The molecule has 1 aromatic rings. The maximum Gasteiger partial charge on any atom is 0.244 e. The number of hydrogen-bond acceptors (Lipinski definition) is 1. The van der Waals surface area contributed by atoms with Gasteiger partial charge >= 0.3 is 0 Å². The molecule has 0 saturated heterocycles. The lowest BCUT2D eigenvalue weighted by atomic mass is 10.3. The van der Waals surface area contributed by atoms with Gasteiger partial charge in [0.05, 0.1) is 17.8 Å². The summed E-state index contributed by atoms with van der Waals surface area (Å²) in [7, 11) is 1.70. The SMILES string of the molecule is C=Cc1cc(CC(F)F)nn1C. The van der Waals surface area contributed by atoms with Crippen LogP contribution >= 0.6 is 0 Å². The second kappa shape index (κ2) is 3.47. The van der Waals surface area contributed by atoms with Gasteiger partial charge in [-0.2, -0.15) is 5.10 Å². The molecule has 0 radical (unpaired) electrons. The van der Waals surface area contributed by atoms with E-state index in [4.69, 9.17) is 0 Å². The molecule has 66 valence electrons. The van der Waals surface area contributed by atoms with Crippen molar-refractivity contribution < 1.29 is 8.78 Å². The topological polar surface area (TPSA) is 17.8 Å². The van der Waals surface area contributed by atoms with E-state index >= 15 is 0 Å². The Balaban J connectivity index is 2.82. The van der Waals surface area contributed by atoms with Crippen LogP contribution in [0.25, 0.3) is 6.08 Å². The summed E-state index contributed by atoms with van der Waals surface area (Å²) in [5.41, 5.74) is 1.16. The molecule has 0 N–H and O–H groups in total. The molecule has 0 fully saturated rings. The number of rotatable bonds is 3. The van der Waals surface area contributed by atoms with E-state index in [1.807, 2.05) is 0 Å². The van der Waals surface area contributed by atoms with Crippen molar-refractivity contribution in [2.75, 3.05) is 0 Å². The summed E-state index contributed by atoms with van der Waals surface area (Å²) in [6.45, 7) is 3.54. The Kier molecular flexibility index (Phi) is 2.58. The molecule has 12 heavy (non-hydrogen) atoms. The van der Waals surface area contributed by atoms with E-state index < -0.39 is 6.43 Å². The highest BCUT2D eigenvalue weighted by Crippen LogP contribution is 2.08. The van der Waals surface area contributed by atoms with Crippen LogP contribution in [0.2, 0.25) is 0 Å². The lowest BCUT2D eigenvalue weighted by Crippen LogP contribution is -1.99. The zero-order chi connectivity index (χ0) is 9.14. The Morgan fingerprint density at radius 3 is 2.83 bits per heavy atom. The van der Waals surface area contributed by atoms with Crippen molar-refractivity contribution in [1.82, 2.24) is 9.78 Å². The van der Waals surface area contributed by atoms with Crippen LogP contribution in [0.4, 0.5) is 8.78 Å². The fraction of sp³-hybridized carbons (Fsp3) is 0.375. The Hall–Kier alpha value is -1.19. The zero-order valence-corrected chi connectivity index (χ0v) is 6.80. The van der Waals surface area contributed by atoms with Gasteiger partial charge in [-0.15, -0.1) is 0 Å². The molecule has 1 aromatic heterocycles. The van der Waals surface area contributed by atoms with Crippen molar-refractivity contribution in [1.29, 1.82) is 0 Å². The van der Waals surface area contributed by atoms with Crippen molar-refractivity contribution >= 4 is 6.08 Å². The third-order valence-electron chi connectivity index (χ3n) is 1.54. The molecule has 0 bridgehead atoms. The molecule has 1 heterocycles. The van der Waals surface area contributed by atoms with Gasteiger partial charge in [-0.1, -0.05) is 6.58 Å². The number of hydrogen-bond donors (Lipinski definition) is 0. The molecule has 1 rings (SSSR count). The van der Waals surface area contributed by atoms with Gasteiger partial charge in [-0.25, -0.2) is 8.78 Å². The Bertz CT molecular complexity index is 279. The molecule has 0 aliphatic heterocycles. The Labute approximate surface area is 69.5 Å². The summed E-state index contributed by atoms with van der Waals surface area (Å²) in [4.78, 5) is 0. The minimum absolute atomic E-state index is 0.290. The van der Waals surface area contributed by atoms with Crippen LogP contribution in [0.3, 0.4) is 0 Å². The monoisotopic (exact) mass is 172 g/mol.